The van der Waals surface area contributed by atoms with E-state index in [1.54, 1.807) is 0 Å². The van der Waals surface area contributed by atoms with E-state index in [0.29, 0.717) is 0 Å². The number of hydrogen-bond acceptors (Lipinski definition) is 3. The molecule has 1 aromatic rings. The van der Waals surface area contributed by atoms with Crippen LogP contribution in [-0.2, 0) is 6.18 Å². The molecule has 0 amide bonds. The predicted octanol–water partition coefficient (Wildman–Crippen LogP) is 4.08. The number of aromatic nitrogens is 2. The smallest absolute Gasteiger partial charge is 0.368 e. The molecule has 1 heterocycles. The van der Waals surface area contributed by atoms with Crippen molar-refractivity contribution in [3.63, 3.8) is 0 Å². The maximum absolute atomic E-state index is 12.4. The summed E-state index contributed by atoms with van der Waals surface area (Å²) in [5, 5.41) is 0. The van der Waals surface area contributed by atoms with Crippen molar-refractivity contribution >= 4 is 12.0 Å². The molecule has 0 aliphatic carbocycles. The van der Waals surface area contributed by atoms with Crippen molar-refractivity contribution in [2.75, 3.05) is 5.73 Å². The Kier molecular flexibility index (Phi) is 8.86. The largest absolute Gasteiger partial charge is 0.434 e. The van der Waals surface area contributed by atoms with Crippen LogP contribution in [-0.4, -0.2) is 9.97 Å². The third kappa shape index (κ3) is 5.16. The highest BCUT2D eigenvalue weighted by Gasteiger charge is 2.36. The van der Waals surface area contributed by atoms with E-state index in [-0.39, 0.29) is 17.2 Å². The van der Waals surface area contributed by atoms with Crippen molar-refractivity contribution in [3.05, 3.63) is 23.5 Å². The first-order valence-corrected chi connectivity index (χ1v) is 5.70. The number of nitrogens with two attached hydrogens (primary N) is 1. The molecule has 104 valence electrons. The average molecular weight is 263 g/mol. The quantitative estimate of drug-likeness (QED) is 0.830. The minimum Gasteiger partial charge on any atom is -0.368 e. The van der Waals surface area contributed by atoms with Crippen molar-refractivity contribution in [1.29, 1.82) is 0 Å². The average Bonchev–Trinajstić information content (AvgIpc) is 2.32. The second-order valence-electron chi connectivity index (χ2n) is 2.63. The van der Waals surface area contributed by atoms with Crippen molar-refractivity contribution < 1.29 is 13.2 Å². The van der Waals surface area contributed by atoms with Gasteiger partial charge in [-0.1, -0.05) is 40.3 Å². The van der Waals surface area contributed by atoms with Crippen LogP contribution in [0.5, 0.6) is 0 Å². The van der Waals surface area contributed by atoms with Gasteiger partial charge in [0.25, 0.3) is 0 Å². The monoisotopic (exact) mass is 263 g/mol. The first-order valence-electron chi connectivity index (χ1n) is 5.70. The molecule has 2 N–H and O–H groups in total. The lowest BCUT2D eigenvalue weighted by atomic mass is 10.1. The lowest BCUT2D eigenvalue weighted by Gasteiger charge is -2.11. The molecule has 0 fully saturated rings. The van der Waals surface area contributed by atoms with Gasteiger partial charge < -0.3 is 5.73 Å². The lowest BCUT2D eigenvalue weighted by molar-refractivity contribution is -0.141. The minimum absolute atomic E-state index is 0.133. The van der Waals surface area contributed by atoms with E-state index in [1.807, 2.05) is 27.7 Å². The van der Waals surface area contributed by atoms with Crippen LogP contribution in [0.4, 0.5) is 19.1 Å². The molecular weight excluding hydrogens is 243 g/mol. The maximum atomic E-state index is 12.4. The zero-order valence-corrected chi connectivity index (χ0v) is 11.4. The zero-order valence-electron chi connectivity index (χ0n) is 11.4. The van der Waals surface area contributed by atoms with Crippen LogP contribution in [0.1, 0.15) is 44.6 Å². The summed E-state index contributed by atoms with van der Waals surface area (Å²) in [6, 6.07) is 0. The fourth-order valence-corrected chi connectivity index (χ4v) is 1.06. The topological polar surface area (TPSA) is 51.8 Å². The van der Waals surface area contributed by atoms with Crippen LogP contribution >= 0.6 is 0 Å². The Balaban J connectivity index is 0. The first kappa shape index (κ1) is 18.8. The van der Waals surface area contributed by atoms with Gasteiger partial charge in [-0.2, -0.15) is 13.2 Å². The number of anilines is 1. The molecule has 3 nitrogen and oxygen atoms in total. The summed E-state index contributed by atoms with van der Waals surface area (Å²) in [4.78, 5) is 6.76. The minimum atomic E-state index is -4.54. The Labute approximate surface area is 106 Å². The van der Waals surface area contributed by atoms with Crippen LogP contribution < -0.4 is 5.73 Å². The summed E-state index contributed by atoms with van der Waals surface area (Å²) >= 11 is 0. The van der Waals surface area contributed by atoms with Crippen LogP contribution in [0.2, 0.25) is 0 Å². The summed E-state index contributed by atoms with van der Waals surface area (Å²) in [6.07, 6.45) is -3.47. The third-order valence-electron chi connectivity index (χ3n) is 1.63. The highest BCUT2D eigenvalue weighted by atomic mass is 19.4. The van der Waals surface area contributed by atoms with Gasteiger partial charge in [0.2, 0.25) is 5.95 Å². The zero-order chi connectivity index (χ0) is 14.9. The van der Waals surface area contributed by atoms with E-state index in [4.69, 9.17) is 5.73 Å². The van der Waals surface area contributed by atoms with Crippen molar-refractivity contribution in [2.45, 2.75) is 40.8 Å². The molecule has 0 aromatic carbocycles. The van der Waals surface area contributed by atoms with Crippen LogP contribution in [0.25, 0.3) is 6.08 Å². The Morgan fingerprint density at radius 3 is 1.89 bits per heavy atom. The molecule has 1 aromatic heterocycles. The number of halogens is 3. The third-order valence-corrected chi connectivity index (χ3v) is 1.63. The highest BCUT2D eigenvalue weighted by Crippen LogP contribution is 2.32. The molecule has 6 heteroatoms. The molecule has 0 atom stereocenters. The maximum Gasteiger partial charge on any atom is 0.434 e. The summed E-state index contributed by atoms with van der Waals surface area (Å²) in [5.41, 5.74) is 4.11. The molecule has 0 aliphatic rings. The molecule has 18 heavy (non-hydrogen) atoms. The first-order chi connectivity index (χ1) is 8.36. The van der Waals surface area contributed by atoms with E-state index in [2.05, 4.69) is 16.5 Å². The number of rotatable bonds is 1. The van der Waals surface area contributed by atoms with Gasteiger partial charge in [0.05, 0.1) is 5.69 Å². The van der Waals surface area contributed by atoms with Gasteiger partial charge in [0.15, 0.2) is 5.69 Å². The van der Waals surface area contributed by atoms with Crippen molar-refractivity contribution in [1.82, 2.24) is 9.97 Å². The van der Waals surface area contributed by atoms with Crippen LogP contribution in [0.3, 0.4) is 0 Å². The molecule has 0 bridgehead atoms. The summed E-state index contributed by atoms with van der Waals surface area (Å²) < 4.78 is 37.2. The summed E-state index contributed by atoms with van der Waals surface area (Å²) in [7, 11) is 0. The molecule has 0 spiro atoms. The Bertz CT molecular complexity index is 374. The molecule has 0 radical (unpaired) electrons. The number of hydrogen-bond donors (Lipinski definition) is 1. The van der Waals surface area contributed by atoms with Crippen molar-refractivity contribution in [2.24, 2.45) is 0 Å². The van der Waals surface area contributed by atoms with Gasteiger partial charge in [-0.05, 0) is 6.92 Å². The predicted molar refractivity (Wildman–Crippen MR) is 69.0 cm³/mol. The molecular formula is C12H20F3N3. The number of nitrogen functional groups attached to an aromatic ring is 1. The van der Waals surface area contributed by atoms with Gasteiger partial charge in [-0.3, -0.25) is 0 Å². The van der Waals surface area contributed by atoms with E-state index in [9.17, 15) is 13.2 Å². The van der Waals surface area contributed by atoms with Gasteiger partial charge in [0, 0.05) is 5.56 Å². The van der Waals surface area contributed by atoms with Gasteiger partial charge >= 0.3 is 6.18 Å². The molecule has 0 aliphatic heterocycles. The second kappa shape index (κ2) is 8.49. The van der Waals surface area contributed by atoms with E-state index in [0.717, 1.165) is 6.08 Å². The number of aryl methyl sites for hydroxylation is 1. The molecule has 0 unspecified atom stereocenters. The SMILES string of the molecule is C=Cc1c(C)nc(N)nc1C(F)(F)F.CC.CC. The number of nitrogens with zero attached hydrogens (tertiary/aromatic N) is 2. The van der Waals surface area contributed by atoms with Gasteiger partial charge in [-0.25, -0.2) is 9.97 Å². The van der Waals surface area contributed by atoms with Crippen LogP contribution in [0.15, 0.2) is 6.58 Å². The van der Waals surface area contributed by atoms with E-state index in [1.165, 1.54) is 6.92 Å². The van der Waals surface area contributed by atoms with Crippen molar-refractivity contribution in [3.8, 4) is 0 Å². The Hall–Kier alpha value is -1.59. The fraction of sp³-hybridized carbons (Fsp3) is 0.500. The Morgan fingerprint density at radius 2 is 1.56 bits per heavy atom. The molecule has 0 saturated heterocycles. The second-order valence-corrected chi connectivity index (χ2v) is 2.63. The fourth-order valence-electron chi connectivity index (χ4n) is 1.06. The molecule has 0 saturated carbocycles. The normalized spacial score (nSPS) is 9.56. The van der Waals surface area contributed by atoms with Gasteiger partial charge in [0.1, 0.15) is 0 Å². The highest BCUT2D eigenvalue weighted by molar-refractivity contribution is 5.54. The van der Waals surface area contributed by atoms with Crippen LogP contribution in [0, 0.1) is 6.92 Å². The molecule has 1 rings (SSSR count). The number of alkyl halides is 3. The van der Waals surface area contributed by atoms with E-state index < -0.39 is 11.9 Å². The van der Waals surface area contributed by atoms with E-state index >= 15 is 0 Å². The standard InChI is InChI=1S/C8H8F3N3.2C2H6/c1-3-5-4(2)13-7(12)14-6(5)8(9,10)11;2*1-2/h3H,1H2,2H3,(H2,12,13,14);2*1-2H3. The van der Waals surface area contributed by atoms with Gasteiger partial charge in [-0.15, -0.1) is 0 Å². The summed E-state index contributed by atoms with van der Waals surface area (Å²) in [6.45, 7) is 12.7. The lowest BCUT2D eigenvalue weighted by Crippen LogP contribution is -2.14. The summed E-state index contributed by atoms with van der Waals surface area (Å²) in [5.74, 6) is -0.388. The Morgan fingerprint density at radius 1 is 1.11 bits per heavy atom.